The summed E-state index contributed by atoms with van der Waals surface area (Å²) in [6, 6.07) is 0. The van der Waals surface area contributed by atoms with Crippen molar-refractivity contribution in [1.29, 1.82) is 0 Å². The van der Waals surface area contributed by atoms with Crippen LogP contribution in [0.3, 0.4) is 0 Å². The van der Waals surface area contributed by atoms with E-state index in [1.807, 2.05) is 0 Å². The third-order valence-electron chi connectivity index (χ3n) is 3.98. The molecule has 3 nitrogen and oxygen atoms in total. The maximum Gasteiger partial charge on any atom is 0.0686 e. The molecule has 0 radical (unpaired) electrons. The molecule has 19 heavy (non-hydrogen) atoms. The van der Waals surface area contributed by atoms with E-state index < -0.39 is 5.66 Å². The van der Waals surface area contributed by atoms with Crippen LogP contribution in [0.25, 0.3) is 0 Å². The fraction of sp³-hybridized carbons (Fsp3) is 1.00. The maximum atomic E-state index is 6.28. The minimum Gasteiger partial charge on any atom is -0.313 e. The summed E-state index contributed by atoms with van der Waals surface area (Å²) in [5, 5.41) is 3.60. The van der Waals surface area contributed by atoms with E-state index >= 15 is 0 Å². The van der Waals surface area contributed by atoms with Crippen molar-refractivity contribution in [1.82, 2.24) is 5.32 Å². The lowest BCUT2D eigenvalue weighted by atomic mass is 9.77. The normalized spacial score (nSPS) is 15.6. The molecule has 0 aliphatic rings. The number of nitrogens with two attached hydrogens (primary N) is 2. The Hall–Kier alpha value is -0.120. The van der Waals surface area contributed by atoms with Crippen LogP contribution >= 0.6 is 0 Å². The Kier molecular flexibility index (Phi) is 7.01. The summed E-state index contributed by atoms with van der Waals surface area (Å²) in [7, 11) is 0. The molecule has 0 aromatic heterocycles. The highest BCUT2D eigenvalue weighted by atomic mass is 15.7. The van der Waals surface area contributed by atoms with Crippen LogP contribution in [0.15, 0.2) is 0 Å². The van der Waals surface area contributed by atoms with Gasteiger partial charge in [0.05, 0.1) is 5.66 Å². The van der Waals surface area contributed by atoms with Crippen molar-refractivity contribution in [3.63, 3.8) is 0 Å². The second-order valence-corrected chi connectivity index (χ2v) is 8.11. The van der Waals surface area contributed by atoms with E-state index in [-0.39, 0.29) is 11.0 Å². The molecule has 1 atom stereocenters. The molecule has 0 saturated carbocycles. The number of hydrogen-bond acceptors (Lipinski definition) is 3. The van der Waals surface area contributed by atoms with Gasteiger partial charge in [-0.2, -0.15) is 0 Å². The summed E-state index contributed by atoms with van der Waals surface area (Å²) in [6.07, 6.45) is 4.44. The van der Waals surface area contributed by atoms with Crippen molar-refractivity contribution >= 4 is 0 Å². The van der Waals surface area contributed by atoms with Crippen molar-refractivity contribution < 1.29 is 0 Å². The molecule has 0 aliphatic heterocycles. The number of nitrogens with one attached hydrogen (secondary N) is 1. The van der Waals surface area contributed by atoms with Gasteiger partial charge in [0.15, 0.2) is 0 Å². The van der Waals surface area contributed by atoms with Gasteiger partial charge in [0, 0.05) is 5.54 Å². The highest BCUT2D eigenvalue weighted by Crippen LogP contribution is 2.29. The first-order valence-corrected chi connectivity index (χ1v) is 7.72. The maximum absolute atomic E-state index is 6.28. The molecule has 0 fully saturated rings. The fourth-order valence-corrected chi connectivity index (χ4v) is 2.03. The van der Waals surface area contributed by atoms with Crippen LogP contribution in [0.2, 0.25) is 0 Å². The van der Waals surface area contributed by atoms with E-state index in [1.54, 1.807) is 0 Å². The second kappa shape index (κ2) is 7.05. The summed E-state index contributed by atoms with van der Waals surface area (Å²) >= 11 is 0. The molecule has 0 saturated heterocycles. The zero-order valence-electron chi connectivity index (χ0n) is 14.3. The first-order valence-electron chi connectivity index (χ1n) is 7.72. The predicted octanol–water partition coefficient (Wildman–Crippen LogP) is 3.23. The molecule has 0 bridgehead atoms. The zero-order chi connectivity index (χ0) is 15.3. The van der Waals surface area contributed by atoms with Gasteiger partial charge in [0.25, 0.3) is 0 Å². The second-order valence-electron chi connectivity index (χ2n) is 8.11. The molecule has 0 aromatic rings. The molecule has 0 aromatic carbocycles. The Morgan fingerprint density at radius 1 is 0.947 bits per heavy atom. The Morgan fingerprint density at radius 2 is 1.47 bits per heavy atom. The first kappa shape index (κ1) is 18.9. The van der Waals surface area contributed by atoms with Gasteiger partial charge in [-0.1, -0.05) is 34.1 Å². The van der Waals surface area contributed by atoms with Gasteiger partial charge in [-0.25, -0.2) is 0 Å². The average Bonchev–Trinajstić information content (AvgIpc) is 2.19. The van der Waals surface area contributed by atoms with Crippen molar-refractivity contribution in [3.05, 3.63) is 0 Å². The monoisotopic (exact) mass is 272 g/mol. The zero-order valence-corrected chi connectivity index (χ0v) is 14.3. The van der Waals surface area contributed by atoms with E-state index in [1.165, 1.54) is 12.8 Å². The van der Waals surface area contributed by atoms with Crippen LogP contribution in [0.4, 0.5) is 0 Å². The Bertz CT molecular complexity index is 246. The van der Waals surface area contributed by atoms with Crippen molar-refractivity contribution in [3.8, 4) is 0 Å². The van der Waals surface area contributed by atoms with E-state index in [2.05, 4.69) is 53.8 Å². The minimum atomic E-state index is -0.583. The average molecular weight is 272 g/mol. The smallest absolute Gasteiger partial charge is 0.0686 e. The topological polar surface area (TPSA) is 64.1 Å². The van der Waals surface area contributed by atoms with Crippen molar-refractivity contribution in [2.75, 3.05) is 6.54 Å². The molecule has 5 N–H and O–H groups in total. The molecular formula is C16H37N3. The molecule has 1 unspecified atom stereocenters. The van der Waals surface area contributed by atoms with Gasteiger partial charge in [-0.3, -0.25) is 0 Å². The highest BCUT2D eigenvalue weighted by molar-refractivity contribution is 4.90. The largest absolute Gasteiger partial charge is 0.313 e. The van der Waals surface area contributed by atoms with E-state index in [9.17, 15) is 0 Å². The van der Waals surface area contributed by atoms with Crippen LogP contribution in [-0.4, -0.2) is 17.7 Å². The summed E-state index contributed by atoms with van der Waals surface area (Å²) < 4.78 is 0. The Labute approximate surface area is 120 Å². The quantitative estimate of drug-likeness (QED) is 0.492. The van der Waals surface area contributed by atoms with Gasteiger partial charge < -0.3 is 16.8 Å². The van der Waals surface area contributed by atoms with E-state index in [0.717, 1.165) is 19.4 Å². The molecule has 0 spiro atoms. The summed E-state index contributed by atoms with van der Waals surface area (Å²) in [6.45, 7) is 16.3. The van der Waals surface area contributed by atoms with Crippen LogP contribution < -0.4 is 16.8 Å². The Morgan fingerprint density at radius 3 is 1.84 bits per heavy atom. The molecule has 0 rings (SSSR count). The standard InChI is InChI=1S/C16H37N3/c1-8-9-13(12-19-15(5,6)7)10-11-16(17,18)14(2,3)4/h13,19H,8-12,17-18H2,1-7H3/i19+1. The van der Waals surface area contributed by atoms with Crippen LogP contribution in [0.5, 0.6) is 0 Å². The highest BCUT2D eigenvalue weighted by Gasteiger charge is 2.34. The van der Waals surface area contributed by atoms with Crippen molar-refractivity contribution in [2.45, 2.75) is 85.4 Å². The van der Waals surface area contributed by atoms with E-state index in [4.69, 9.17) is 11.5 Å². The lowest BCUT2D eigenvalue weighted by Crippen LogP contribution is -2.59. The molecular weight excluding hydrogens is 235 g/mol. The molecule has 3 heteroatoms. The minimum absolute atomic E-state index is 0.0543. The third kappa shape index (κ3) is 7.91. The predicted molar refractivity (Wildman–Crippen MR) is 85.9 cm³/mol. The lowest BCUT2D eigenvalue weighted by Gasteiger charge is -2.39. The molecule has 0 heterocycles. The van der Waals surface area contributed by atoms with Crippen LogP contribution in [-0.2, 0) is 0 Å². The SMILES string of the molecule is CCCC(CCC(N)(N)C(C)(C)C)C[15NH]C(C)(C)C. The van der Waals surface area contributed by atoms with Crippen LogP contribution in [0.1, 0.15) is 74.1 Å². The third-order valence-corrected chi connectivity index (χ3v) is 3.98. The van der Waals surface area contributed by atoms with Gasteiger partial charge in [0.2, 0.25) is 0 Å². The first-order chi connectivity index (χ1) is 8.39. The van der Waals surface area contributed by atoms with Gasteiger partial charge >= 0.3 is 0 Å². The summed E-state index contributed by atoms with van der Waals surface area (Å²) in [5.41, 5.74) is 12.1. The van der Waals surface area contributed by atoms with Gasteiger partial charge in [-0.15, -0.1) is 0 Å². The van der Waals surface area contributed by atoms with E-state index in [0.29, 0.717) is 5.92 Å². The fourth-order valence-electron chi connectivity index (χ4n) is 2.03. The summed E-state index contributed by atoms with van der Waals surface area (Å²) in [5.74, 6) is 0.665. The Balaban J connectivity index is 4.36. The molecule has 0 amide bonds. The van der Waals surface area contributed by atoms with Gasteiger partial charge in [-0.05, 0) is 57.9 Å². The number of hydrogen-bond donors (Lipinski definition) is 3. The molecule has 116 valence electrons. The van der Waals surface area contributed by atoms with Crippen LogP contribution in [0, 0.1) is 11.3 Å². The lowest BCUT2D eigenvalue weighted by molar-refractivity contribution is 0.165. The molecule has 0 aliphatic carbocycles. The van der Waals surface area contributed by atoms with Crippen molar-refractivity contribution in [2.24, 2.45) is 22.8 Å². The summed E-state index contributed by atoms with van der Waals surface area (Å²) in [4.78, 5) is 0. The van der Waals surface area contributed by atoms with Gasteiger partial charge in [0.1, 0.15) is 0 Å². The number of rotatable bonds is 7.